The van der Waals surface area contributed by atoms with Crippen molar-refractivity contribution in [3.8, 4) is 5.69 Å². The molecule has 152 valence electrons. The first-order valence-electron chi connectivity index (χ1n) is 9.78. The fourth-order valence-corrected chi connectivity index (χ4v) is 3.80. The van der Waals surface area contributed by atoms with Gasteiger partial charge in [-0.25, -0.2) is 9.07 Å². The van der Waals surface area contributed by atoms with Crippen molar-refractivity contribution in [2.75, 3.05) is 18.0 Å². The molecule has 30 heavy (non-hydrogen) atoms. The topological polar surface area (TPSA) is 76.0 Å². The average molecular weight is 405 g/mol. The number of anilines is 1. The van der Waals surface area contributed by atoms with Gasteiger partial charge in [0.25, 0.3) is 5.56 Å². The molecular formula is C22H20FN5O2. The number of benzene rings is 2. The zero-order valence-electron chi connectivity index (χ0n) is 16.3. The number of morpholine rings is 1. The van der Waals surface area contributed by atoms with E-state index in [1.807, 2.05) is 42.2 Å². The molecule has 2 atom stereocenters. The van der Waals surface area contributed by atoms with Crippen molar-refractivity contribution in [2.24, 2.45) is 0 Å². The predicted molar refractivity (Wildman–Crippen MR) is 111 cm³/mol. The molecule has 0 bridgehead atoms. The summed E-state index contributed by atoms with van der Waals surface area (Å²) < 4.78 is 21.0. The van der Waals surface area contributed by atoms with Crippen molar-refractivity contribution in [1.29, 1.82) is 0 Å². The molecule has 4 aromatic rings. The third-order valence-corrected chi connectivity index (χ3v) is 5.23. The molecule has 2 aromatic carbocycles. The normalized spacial score (nSPS) is 19.3. The Kier molecular flexibility index (Phi) is 4.55. The second-order valence-corrected chi connectivity index (χ2v) is 7.41. The second-order valence-electron chi connectivity index (χ2n) is 7.41. The Hall–Kier alpha value is -3.52. The van der Waals surface area contributed by atoms with Gasteiger partial charge in [0.2, 0.25) is 5.95 Å². The number of fused-ring (bicyclic) bond motifs is 1. The molecule has 2 unspecified atom stereocenters. The summed E-state index contributed by atoms with van der Waals surface area (Å²) in [6.45, 7) is 3.03. The summed E-state index contributed by atoms with van der Waals surface area (Å²) in [6.07, 6.45) is 1.18. The Morgan fingerprint density at radius 2 is 1.87 bits per heavy atom. The van der Waals surface area contributed by atoms with Crippen LogP contribution in [0.1, 0.15) is 18.6 Å². The molecule has 7 nitrogen and oxygen atoms in total. The Morgan fingerprint density at radius 1 is 1.10 bits per heavy atom. The number of nitrogens with one attached hydrogen (secondary N) is 1. The minimum absolute atomic E-state index is 0.0890. The first-order chi connectivity index (χ1) is 14.6. The predicted octanol–water partition coefficient (Wildman–Crippen LogP) is 3.21. The number of nitrogens with zero attached hydrogens (tertiary/aromatic N) is 4. The van der Waals surface area contributed by atoms with Crippen molar-refractivity contribution in [3.63, 3.8) is 0 Å². The standard InChI is InChI=1S/C22H20FN5O2/c1-14-12-27(13-19(30-14)15-7-9-16(23)10-8-15)22-25-20-18(21(29)26-22)11-24-28(20)17-5-3-2-4-6-17/h2-11,14,19H,12-13H2,1H3,(H,25,26,29). The largest absolute Gasteiger partial charge is 0.367 e. The summed E-state index contributed by atoms with van der Waals surface area (Å²) in [5.74, 6) is 0.178. The van der Waals surface area contributed by atoms with E-state index in [0.29, 0.717) is 30.1 Å². The molecule has 1 saturated heterocycles. The van der Waals surface area contributed by atoms with E-state index >= 15 is 0 Å². The van der Waals surface area contributed by atoms with Gasteiger partial charge in [0, 0.05) is 6.54 Å². The molecule has 2 aromatic heterocycles. The lowest BCUT2D eigenvalue weighted by atomic mass is 10.1. The van der Waals surface area contributed by atoms with E-state index in [1.165, 1.54) is 18.3 Å². The van der Waals surface area contributed by atoms with Gasteiger partial charge in [-0.3, -0.25) is 9.78 Å². The van der Waals surface area contributed by atoms with Crippen LogP contribution in [-0.2, 0) is 4.74 Å². The van der Waals surface area contributed by atoms with Crippen LogP contribution >= 0.6 is 0 Å². The summed E-state index contributed by atoms with van der Waals surface area (Å²) in [7, 11) is 0. The van der Waals surface area contributed by atoms with Gasteiger partial charge in [-0.05, 0) is 36.8 Å². The third kappa shape index (κ3) is 3.35. The van der Waals surface area contributed by atoms with E-state index in [1.54, 1.807) is 16.8 Å². The summed E-state index contributed by atoms with van der Waals surface area (Å²) in [6, 6.07) is 15.9. The quantitative estimate of drug-likeness (QED) is 0.566. The highest BCUT2D eigenvalue weighted by molar-refractivity contribution is 5.76. The molecule has 8 heteroatoms. The lowest BCUT2D eigenvalue weighted by Crippen LogP contribution is -2.44. The van der Waals surface area contributed by atoms with Crippen LogP contribution < -0.4 is 10.5 Å². The van der Waals surface area contributed by atoms with Crippen molar-refractivity contribution < 1.29 is 9.13 Å². The van der Waals surface area contributed by atoms with Crippen LogP contribution in [0.3, 0.4) is 0 Å². The smallest absolute Gasteiger partial charge is 0.263 e. The van der Waals surface area contributed by atoms with E-state index in [-0.39, 0.29) is 23.6 Å². The maximum Gasteiger partial charge on any atom is 0.263 e. The lowest BCUT2D eigenvalue weighted by molar-refractivity contribution is -0.0178. The molecule has 0 amide bonds. The van der Waals surface area contributed by atoms with Gasteiger partial charge in [-0.2, -0.15) is 10.1 Å². The Bertz CT molecular complexity index is 1240. The fraction of sp³-hybridized carbons (Fsp3) is 0.227. The van der Waals surface area contributed by atoms with Crippen molar-refractivity contribution in [1.82, 2.24) is 19.7 Å². The van der Waals surface area contributed by atoms with Crippen LogP contribution in [0.2, 0.25) is 0 Å². The lowest BCUT2D eigenvalue weighted by Gasteiger charge is -2.37. The van der Waals surface area contributed by atoms with Crippen LogP contribution in [-0.4, -0.2) is 38.9 Å². The van der Waals surface area contributed by atoms with E-state index in [2.05, 4.69) is 10.1 Å². The number of rotatable bonds is 3. The number of ether oxygens (including phenoxy) is 1. The number of H-pyrrole nitrogens is 1. The van der Waals surface area contributed by atoms with Gasteiger partial charge < -0.3 is 9.64 Å². The summed E-state index contributed by atoms with van der Waals surface area (Å²) in [5, 5.41) is 4.78. The van der Waals surface area contributed by atoms with Crippen LogP contribution in [0.25, 0.3) is 16.7 Å². The molecule has 1 aliphatic rings. The van der Waals surface area contributed by atoms with Gasteiger partial charge in [0.05, 0.1) is 24.5 Å². The highest BCUT2D eigenvalue weighted by Crippen LogP contribution is 2.27. The Morgan fingerprint density at radius 3 is 2.63 bits per heavy atom. The summed E-state index contributed by atoms with van der Waals surface area (Å²) in [4.78, 5) is 22.3. The zero-order valence-corrected chi connectivity index (χ0v) is 16.3. The van der Waals surface area contributed by atoms with E-state index in [0.717, 1.165) is 11.3 Å². The van der Waals surface area contributed by atoms with Gasteiger partial charge in [0.1, 0.15) is 17.3 Å². The molecular weight excluding hydrogens is 385 g/mol. The number of halogens is 1. The van der Waals surface area contributed by atoms with Gasteiger partial charge in [-0.1, -0.05) is 30.3 Å². The first-order valence-corrected chi connectivity index (χ1v) is 9.78. The van der Waals surface area contributed by atoms with Crippen LogP contribution in [0.15, 0.2) is 65.6 Å². The minimum Gasteiger partial charge on any atom is -0.367 e. The van der Waals surface area contributed by atoms with Crippen molar-refractivity contribution in [2.45, 2.75) is 19.1 Å². The maximum atomic E-state index is 13.3. The van der Waals surface area contributed by atoms with E-state index < -0.39 is 0 Å². The van der Waals surface area contributed by atoms with Gasteiger partial charge in [0.15, 0.2) is 5.65 Å². The molecule has 1 aliphatic heterocycles. The fourth-order valence-electron chi connectivity index (χ4n) is 3.80. The molecule has 1 fully saturated rings. The zero-order chi connectivity index (χ0) is 20.7. The van der Waals surface area contributed by atoms with Crippen LogP contribution in [0.5, 0.6) is 0 Å². The molecule has 3 heterocycles. The molecule has 0 radical (unpaired) electrons. The molecule has 1 N–H and O–H groups in total. The van der Waals surface area contributed by atoms with Gasteiger partial charge >= 0.3 is 0 Å². The van der Waals surface area contributed by atoms with Gasteiger partial charge in [-0.15, -0.1) is 0 Å². The first kappa shape index (κ1) is 18.5. The van der Waals surface area contributed by atoms with Crippen LogP contribution in [0.4, 0.5) is 10.3 Å². The van der Waals surface area contributed by atoms with E-state index in [9.17, 15) is 9.18 Å². The molecule has 0 saturated carbocycles. The Balaban J connectivity index is 1.53. The number of aromatic nitrogens is 4. The average Bonchev–Trinajstić information content (AvgIpc) is 3.19. The number of aromatic amines is 1. The Labute approximate surface area is 171 Å². The SMILES string of the molecule is CC1CN(c2nc3c(cnn3-c3ccccc3)c(=O)[nH]2)CC(c2ccc(F)cc2)O1. The molecule has 0 spiro atoms. The van der Waals surface area contributed by atoms with E-state index in [4.69, 9.17) is 9.72 Å². The monoisotopic (exact) mass is 405 g/mol. The summed E-state index contributed by atoms with van der Waals surface area (Å²) >= 11 is 0. The van der Waals surface area contributed by atoms with Crippen LogP contribution in [0, 0.1) is 5.82 Å². The molecule has 5 rings (SSSR count). The summed E-state index contributed by atoms with van der Waals surface area (Å²) in [5.41, 5.74) is 1.97. The van der Waals surface area contributed by atoms with Crippen molar-refractivity contribution in [3.05, 3.63) is 82.5 Å². The minimum atomic E-state index is -0.287. The third-order valence-electron chi connectivity index (χ3n) is 5.23. The maximum absolute atomic E-state index is 13.3. The number of hydrogen-bond acceptors (Lipinski definition) is 5. The highest BCUT2D eigenvalue weighted by atomic mass is 19.1. The second kappa shape index (κ2) is 7.38. The number of para-hydroxylation sites is 1. The number of hydrogen-bond donors (Lipinski definition) is 1. The van der Waals surface area contributed by atoms with Crippen molar-refractivity contribution >= 4 is 17.0 Å². The highest BCUT2D eigenvalue weighted by Gasteiger charge is 2.28. The molecule has 0 aliphatic carbocycles.